The summed E-state index contributed by atoms with van der Waals surface area (Å²) in [6.45, 7) is 5.75. The first-order chi connectivity index (χ1) is 13.8. The summed E-state index contributed by atoms with van der Waals surface area (Å²) in [7, 11) is 1.74. The van der Waals surface area contributed by atoms with Gasteiger partial charge in [0, 0.05) is 24.2 Å². The van der Waals surface area contributed by atoms with Gasteiger partial charge in [0.2, 0.25) is 5.91 Å². The Bertz CT molecular complexity index is 906. The molecular weight excluding hydrogens is 372 g/mol. The highest BCUT2D eigenvalue weighted by Gasteiger charge is 2.33. The molecule has 0 radical (unpaired) electrons. The predicted molar refractivity (Wildman–Crippen MR) is 107 cm³/mol. The first-order valence-electron chi connectivity index (χ1n) is 10.0. The summed E-state index contributed by atoms with van der Waals surface area (Å²) in [5.74, 6) is -0.0409. The van der Waals surface area contributed by atoms with Gasteiger partial charge >= 0.3 is 5.97 Å². The molecule has 1 saturated carbocycles. The summed E-state index contributed by atoms with van der Waals surface area (Å²) in [5.41, 5.74) is 2.11. The Labute approximate surface area is 170 Å². The van der Waals surface area contributed by atoms with Crippen molar-refractivity contribution < 1.29 is 23.5 Å². The molecule has 7 heteroatoms. The van der Waals surface area contributed by atoms with Gasteiger partial charge in [0.1, 0.15) is 11.5 Å². The Morgan fingerprint density at radius 1 is 1.28 bits per heavy atom. The smallest absolute Gasteiger partial charge is 0.355 e. The second kappa shape index (κ2) is 8.68. The van der Waals surface area contributed by atoms with E-state index in [9.17, 15) is 14.4 Å². The zero-order valence-electron chi connectivity index (χ0n) is 17.5. The molecule has 0 spiro atoms. The molecular formula is C22H28N2O5. The molecule has 0 atom stereocenters. The van der Waals surface area contributed by atoms with Gasteiger partial charge in [-0.05, 0) is 51.3 Å². The molecule has 7 nitrogen and oxygen atoms in total. The molecule has 0 saturated heterocycles. The van der Waals surface area contributed by atoms with Crippen molar-refractivity contribution in [1.82, 2.24) is 9.47 Å². The number of Topliss-reactive ketones (excluding diaryl/α,β-unsaturated/α-hetero) is 1. The standard InChI is InChI=1S/C22H28N2O5/c1-5-28-22(27)20-14(2)19(15(3)23(20)4)18(25)13-24(12-17-10-7-11-29-17)21(26)16-8-6-9-16/h7,10-11,16H,5-6,8-9,12-13H2,1-4H3. The van der Waals surface area contributed by atoms with E-state index in [1.54, 1.807) is 55.7 Å². The van der Waals surface area contributed by atoms with Crippen LogP contribution < -0.4 is 0 Å². The van der Waals surface area contributed by atoms with Gasteiger partial charge in [0.15, 0.2) is 5.78 Å². The first-order valence-corrected chi connectivity index (χ1v) is 10.0. The van der Waals surface area contributed by atoms with Crippen molar-refractivity contribution in [3.8, 4) is 0 Å². The second-order valence-corrected chi connectivity index (χ2v) is 7.54. The number of aromatic nitrogens is 1. The van der Waals surface area contributed by atoms with Gasteiger partial charge in [0.25, 0.3) is 0 Å². The van der Waals surface area contributed by atoms with E-state index in [2.05, 4.69) is 0 Å². The highest BCUT2D eigenvalue weighted by atomic mass is 16.5. The Morgan fingerprint density at radius 2 is 2.00 bits per heavy atom. The Kier molecular flexibility index (Phi) is 6.25. The number of amides is 1. The van der Waals surface area contributed by atoms with Gasteiger partial charge in [-0.1, -0.05) is 6.42 Å². The van der Waals surface area contributed by atoms with E-state index in [0.29, 0.717) is 28.3 Å². The summed E-state index contributed by atoms with van der Waals surface area (Å²) in [6.07, 6.45) is 4.31. The summed E-state index contributed by atoms with van der Waals surface area (Å²) < 4.78 is 12.2. The van der Waals surface area contributed by atoms with Crippen LogP contribution >= 0.6 is 0 Å². The molecule has 0 N–H and O–H groups in total. The average molecular weight is 400 g/mol. The van der Waals surface area contributed by atoms with E-state index in [4.69, 9.17) is 9.15 Å². The van der Waals surface area contributed by atoms with Crippen molar-refractivity contribution in [2.45, 2.75) is 46.6 Å². The number of ether oxygens (including phenoxy) is 1. The molecule has 1 aliphatic carbocycles. The lowest BCUT2D eigenvalue weighted by Crippen LogP contribution is -2.41. The fraction of sp³-hybridized carbons (Fsp3) is 0.500. The maximum Gasteiger partial charge on any atom is 0.355 e. The normalized spacial score (nSPS) is 13.8. The third-order valence-electron chi connectivity index (χ3n) is 5.71. The maximum atomic E-state index is 13.2. The molecule has 2 aromatic rings. The highest BCUT2D eigenvalue weighted by Crippen LogP contribution is 2.29. The van der Waals surface area contributed by atoms with E-state index in [1.165, 1.54) is 0 Å². The number of ketones is 1. The van der Waals surface area contributed by atoms with E-state index < -0.39 is 5.97 Å². The van der Waals surface area contributed by atoms with Gasteiger partial charge in [-0.3, -0.25) is 9.59 Å². The number of hydrogen-bond donors (Lipinski definition) is 0. The number of nitrogens with zero attached hydrogens (tertiary/aromatic N) is 2. The summed E-state index contributed by atoms with van der Waals surface area (Å²) in [6, 6.07) is 3.56. The minimum Gasteiger partial charge on any atom is -0.467 e. The van der Waals surface area contributed by atoms with Crippen LogP contribution in [0.1, 0.15) is 64.1 Å². The van der Waals surface area contributed by atoms with Crippen LogP contribution in [-0.2, 0) is 23.1 Å². The van der Waals surface area contributed by atoms with Crippen LogP contribution in [0, 0.1) is 19.8 Å². The van der Waals surface area contributed by atoms with Crippen molar-refractivity contribution in [3.63, 3.8) is 0 Å². The Hall–Kier alpha value is -2.83. The molecule has 0 bridgehead atoms. The fourth-order valence-corrected chi connectivity index (χ4v) is 3.85. The SMILES string of the molecule is CCOC(=O)c1c(C)c(C(=O)CN(Cc2ccco2)C(=O)C2CCC2)c(C)n1C. The Balaban J connectivity index is 1.86. The zero-order valence-corrected chi connectivity index (χ0v) is 17.5. The van der Waals surface area contributed by atoms with E-state index in [1.807, 2.05) is 0 Å². The van der Waals surface area contributed by atoms with Gasteiger partial charge in [-0.15, -0.1) is 0 Å². The van der Waals surface area contributed by atoms with Gasteiger partial charge in [0.05, 0.1) is 26.0 Å². The molecule has 1 aliphatic rings. The molecule has 2 aromatic heterocycles. The average Bonchev–Trinajstić information content (AvgIpc) is 3.20. The minimum atomic E-state index is -0.451. The van der Waals surface area contributed by atoms with Gasteiger partial charge in [-0.2, -0.15) is 0 Å². The van der Waals surface area contributed by atoms with E-state index in [-0.39, 0.29) is 37.3 Å². The molecule has 3 rings (SSSR count). The number of furan rings is 1. The molecule has 0 aliphatic heterocycles. The van der Waals surface area contributed by atoms with Crippen molar-refractivity contribution >= 4 is 17.7 Å². The molecule has 1 amide bonds. The number of rotatable bonds is 8. The van der Waals surface area contributed by atoms with Gasteiger partial charge < -0.3 is 18.6 Å². The maximum absolute atomic E-state index is 13.2. The largest absolute Gasteiger partial charge is 0.467 e. The number of hydrogen-bond acceptors (Lipinski definition) is 5. The quantitative estimate of drug-likeness (QED) is 0.501. The summed E-state index contributed by atoms with van der Waals surface area (Å²) in [4.78, 5) is 40.0. The van der Waals surface area contributed by atoms with E-state index >= 15 is 0 Å². The van der Waals surface area contributed by atoms with Crippen LogP contribution in [0.5, 0.6) is 0 Å². The lowest BCUT2D eigenvalue weighted by Gasteiger charge is -2.31. The van der Waals surface area contributed by atoms with Crippen LogP contribution in [0.3, 0.4) is 0 Å². The third-order valence-corrected chi connectivity index (χ3v) is 5.71. The monoisotopic (exact) mass is 400 g/mol. The third kappa shape index (κ3) is 4.13. The fourth-order valence-electron chi connectivity index (χ4n) is 3.85. The number of esters is 1. The first kappa shape index (κ1) is 20.9. The molecule has 1 fully saturated rings. The molecule has 0 aromatic carbocycles. The lowest BCUT2D eigenvalue weighted by atomic mass is 9.84. The van der Waals surface area contributed by atoms with Crippen molar-refractivity contribution in [2.24, 2.45) is 13.0 Å². The van der Waals surface area contributed by atoms with Gasteiger partial charge in [-0.25, -0.2) is 4.79 Å². The Morgan fingerprint density at radius 3 is 2.55 bits per heavy atom. The minimum absolute atomic E-state index is 0.0159. The zero-order chi connectivity index (χ0) is 21.1. The highest BCUT2D eigenvalue weighted by molar-refractivity contribution is 6.04. The molecule has 156 valence electrons. The summed E-state index contributed by atoms with van der Waals surface area (Å²) in [5, 5.41) is 0. The van der Waals surface area contributed by atoms with Crippen LogP contribution in [0.2, 0.25) is 0 Å². The lowest BCUT2D eigenvalue weighted by molar-refractivity contribution is -0.138. The van der Waals surface area contributed by atoms with Crippen molar-refractivity contribution in [3.05, 3.63) is 46.7 Å². The van der Waals surface area contributed by atoms with Crippen LogP contribution in [0.4, 0.5) is 0 Å². The van der Waals surface area contributed by atoms with Crippen LogP contribution in [0.15, 0.2) is 22.8 Å². The van der Waals surface area contributed by atoms with Crippen LogP contribution in [-0.4, -0.2) is 40.3 Å². The molecule has 2 heterocycles. The second-order valence-electron chi connectivity index (χ2n) is 7.54. The molecule has 0 unspecified atom stereocenters. The predicted octanol–water partition coefficient (Wildman–Crippen LogP) is 3.42. The van der Waals surface area contributed by atoms with Crippen molar-refractivity contribution in [2.75, 3.05) is 13.2 Å². The number of carbonyl (C=O) groups excluding carboxylic acids is 3. The van der Waals surface area contributed by atoms with Crippen LogP contribution in [0.25, 0.3) is 0 Å². The topological polar surface area (TPSA) is 81.8 Å². The van der Waals surface area contributed by atoms with E-state index in [0.717, 1.165) is 19.3 Å². The molecule has 29 heavy (non-hydrogen) atoms. The number of carbonyl (C=O) groups is 3. The van der Waals surface area contributed by atoms with Crippen molar-refractivity contribution in [1.29, 1.82) is 0 Å². The summed E-state index contributed by atoms with van der Waals surface area (Å²) >= 11 is 0.